The summed E-state index contributed by atoms with van der Waals surface area (Å²) in [7, 11) is 0. The molecule has 0 spiro atoms. The lowest BCUT2D eigenvalue weighted by molar-refractivity contribution is -0.759. The van der Waals surface area contributed by atoms with Gasteiger partial charge in [-0.2, -0.15) is 9.67 Å². The zero-order valence-corrected chi connectivity index (χ0v) is 27.6. The fraction of sp³-hybridized carbons (Fsp3) is 0.325. The van der Waals surface area contributed by atoms with E-state index in [1.807, 2.05) is 18.5 Å². The van der Waals surface area contributed by atoms with E-state index in [0.29, 0.717) is 0 Å². The van der Waals surface area contributed by atoms with Crippen LogP contribution in [0.1, 0.15) is 81.8 Å². The molecule has 0 aliphatic carbocycles. The summed E-state index contributed by atoms with van der Waals surface area (Å²) in [6.45, 7) is 9.03. The SMILES string of the molecule is CCCCc1ccc2c(c1)oc1cc3c(cc12)C(C1CC(CC)(CC)[n+]2ccccc2-c2cc(C)nn21)[n+]1c-3cnc2cccnc21. The first kappa shape index (κ1) is 28.3. The van der Waals surface area contributed by atoms with Gasteiger partial charge in [0.1, 0.15) is 29.1 Å². The Hall–Kier alpha value is -4.91. The Kier molecular flexibility index (Phi) is 6.36. The second-order valence-corrected chi connectivity index (χ2v) is 13.6. The third-order valence-electron chi connectivity index (χ3n) is 11.1. The van der Waals surface area contributed by atoms with Crippen LogP contribution >= 0.6 is 0 Å². The van der Waals surface area contributed by atoms with Gasteiger partial charge < -0.3 is 4.42 Å². The molecule has 0 N–H and O–H groups in total. The monoisotopic (exact) mass is 620 g/mol. The second-order valence-electron chi connectivity index (χ2n) is 13.6. The number of aromatic nitrogens is 6. The fourth-order valence-electron chi connectivity index (χ4n) is 8.59. The first-order valence-electron chi connectivity index (χ1n) is 17.3. The van der Waals surface area contributed by atoms with Crippen molar-refractivity contribution in [3.63, 3.8) is 0 Å². The van der Waals surface area contributed by atoms with Crippen LogP contribution in [0.5, 0.6) is 0 Å². The molecule has 47 heavy (non-hydrogen) atoms. The molecule has 0 fully saturated rings. The summed E-state index contributed by atoms with van der Waals surface area (Å²) in [6, 6.07) is 24.3. The number of aryl methyl sites for hydroxylation is 2. The van der Waals surface area contributed by atoms with Crippen molar-refractivity contribution < 1.29 is 13.6 Å². The lowest BCUT2D eigenvalue weighted by atomic mass is 9.81. The second kappa shape index (κ2) is 10.6. The van der Waals surface area contributed by atoms with Gasteiger partial charge in [-0.3, -0.25) is 4.68 Å². The quantitative estimate of drug-likeness (QED) is 0.175. The highest BCUT2D eigenvalue weighted by molar-refractivity contribution is 6.06. The van der Waals surface area contributed by atoms with E-state index in [-0.39, 0.29) is 17.6 Å². The molecule has 234 valence electrons. The minimum absolute atomic E-state index is 0.0207. The summed E-state index contributed by atoms with van der Waals surface area (Å²) >= 11 is 0. The smallest absolute Gasteiger partial charge is 0.349 e. The van der Waals surface area contributed by atoms with Gasteiger partial charge in [-0.15, -0.1) is 0 Å². The summed E-state index contributed by atoms with van der Waals surface area (Å²) in [5.41, 5.74) is 11.8. The standard InChI is InChI=1S/C40H40N6O/c1-5-8-12-26-15-16-27-29-21-30-28(22-37(29)47-36(27)20-26)35-24-42-31-13-11-17-41-39(31)45(35)38(30)34-23-40(6-2,7-3)44-18-10-9-14-32(44)33-19-25(4)43-46(33)34/h9-11,13-22,24,34,38H,5-8,12,23H2,1-4H3/q+2. The Morgan fingerprint density at radius 2 is 1.79 bits per heavy atom. The zero-order chi connectivity index (χ0) is 31.9. The van der Waals surface area contributed by atoms with Gasteiger partial charge in [0.05, 0.1) is 11.9 Å². The molecule has 2 atom stereocenters. The molecule has 0 radical (unpaired) electrons. The first-order chi connectivity index (χ1) is 23.0. The summed E-state index contributed by atoms with van der Waals surface area (Å²) < 4.78 is 13.9. The highest BCUT2D eigenvalue weighted by Crippen LogP contribution is 2.49. The topological polar surface area (TPSA) is 64.5 Å². The molecule has 0 saturated heterocycles. The number of hydrogen-bond acceptors (Lipinski definition) is 4. The molecule has 2 unspecified atom stereocenters. The van der Waals surface area contributed by atoms with Crippen LogP contribution in [-0.4, -0.2) is 19.7 Å². The number of unbranched alkanes of at least 4 members (excludes halogenated alkanes) is 1. The van der Waals surface area contributed by atoms with Crippen molar-refractivity contribution in [1.82, 2.24) is 19.7 Å². The predicted molar refractivity (Wildman–Crippen MR) is 184 cm³/mol. The molecule has 2 aromatic carbocycles. The van der Waals surface area contributed by atoms with Gasteiger partial charge in [-0.1, -0.05) is 39.3 Å². The molecule has 2 aliphatic rings. The minimum Gasteiger partial charge on any atom is -0.456 e. The average Bonchev–Trinajstić information content (AvgIpc) is 3.75. The van der Waals surface area contributed by atoms with Gasteiger partial charge in [0.25, 0.3) is 0 Å². The van der Waals surface area contributed by atoms with Crippen LogP contribution in [0.2, 0.25) is 0 Å². The van der Waals surface area contributed by atoms with E-state index in [1.54, 1.807) is 0 Å². The molecule has 7 nitrogen and oxygen atoms in total. The average molecular weight is 621 g/mol. The fourth-order valence-corrected chi connectivity index (χ4v) is 8.59. The van der Waals surface area contributed by atoms with Crippen LogP contribution in [0.25, 0.3) is 55.7 Å². The van der Waals surface area contributed by atoms with Crippen LogP contribution in [0.4, 0.5) is 0 Å². The van der Waals surface area contributed by atoms with E-state index >= 15 is 0 Å². The molecule has 7 heterocycles. The van der Waals surface area contributed by atoms with Gasteiger partial charge in [0.15, 0.2) is 29.0 Å². The Bertz CT molecular complexity index is 2350. The largest absolute Gasteiger partial charge is 0.456 e. The van der Waals surface area contributed by atoms with E-state index in [2.05, 4.69) is 108 Å². The molecule has 5 aromatic heterocycles. The minimum atomic E-state index is -0.0864. The molecule has 0 bridgehead atoms. The molecule has 7 aromatic rings. The van der Waals surface area contributed by atoms with Crippen LogP contribution in [-0.2, 0) is 12.0 Å². The summed E-state index contributed by atoms with van der Waals surface area (Å²) in [4.78, 5) is 9.88. The maximum absolute atomic E-state index is 6.61. The highest BCUT2D eigenvalue weighted by Gasteiger charge is 2.52. The Morgan fingerprint density at radius 1 is 0.915 bits per heavy atom. The molecular formula is C40H40N6O+2. The summed E-state index contributed by atoms with van der Waals surface area (Å²) in [5.74, 6) is 0. The van der Waals surface area contributed by atoms with Gasteiger partial charge in [0, 0.05) is 53.3 Å². The van der Waals surface area contributed by atoms with Crippen molar-refractivity contribution in [1.29, 1.82) is 0 Å². The lowest BCUT2D eigenvalue weighted by Gasteiger charge is -2.31. The lowest BCUT2D eigenvalue weighted by Crippen LogP contribution is -2.57. The summed E-state index contributed by atoms with van der Waals surface area (Å²) in [5, 5.41) is 7.59. The van der Waals surface area contributed by atoms with E-state index in [4.69, 9.17) is 19.5 Å². The van der Waals surface area contributed by atoms with Crippen LogP contribution in [0.15, 0.2) is 89.7 Å². The molecule has 2 aliphatic heterocycles. The molecule has 0 saturated carbocycles. The number of rotatable bonds is 6. The molecule has 9 rings (SSSR count). The highest BCUT2D eigenvalue weighted by atomic mass is 16.3. The maximum atomic E-state index is 6.61. The molecule has 7 heteroatoms. The van der Waals surface area contributed by atoms with E-state index in [0.717, 1.165) is 76.0 Å². The number of nitrogens with zero attached hydrogens (tertiary/aromatic N) is 6. The Balaban J connectivity index is 1.33. The van der Waals surface area contributed by atoms with Crippen LogP contribution in [0.3, 0.4) is 0 Å². The van der Waals surface area contributed by atoms with E-state index < -0.39 is 0 Å². The van der Waals surface area contributed by atoms with Gasteiger partial charge >= 0.3 is 5.65 Å². The van der Waals surface area contributed by atoms with Crippen molar-refractivity contribution in [2.45, 2.75) is 83.8 Å². The summed E-state index contributed by atoms with van der Waals surface area (Å²) in [6.07, 6.45) is 12.6. The Morgan fingerprint density at radius 3 is 2.64 bits per heavy atom. The molecular weight excluding hydrogens is 580 g/mol. The van der Waals surface area contributed by atoms with Crippen molar-refractivity contribution in [2.75, 3.05) is 0 Å². The molecule has 0 amide bonds. The van der Waals surface area contributed by atoms with E-state index in [9.17, 15) is 0 Å². The van der Waals surface area contributed by atoms with Crippen molar-refractivity contribution in [2.24, 2.45) is 0 Å². The maximum Gasteiger partial charge on any atom is 0.349 e. The third kappa shape index (κ3) is 4.08. The number of furan rings is 1. The number of fused-ring (bicyclic) bond motifs is 11. The number of benzene rings is 2. The normalized spacial score (nSPS) is 17.9. The van der Waals surface area contributed by atoms with Gasteiger partial charge in [-0.05, 0) is 72.8 Å². The zero-order valence-electron chi connectivity index (χ0n) is 27.6. The van der Waals surface area contributed by atoms with Crippen LogP contribution in [0, 0.1) is 6.92 Å². The van der Waals surface area contributed by atoms with Gasteiger partial charge in [0.2, 0.25) is 5.69 Å². The van der Waals surface area contributed by atoms with Gasteiger partial charge in [-0.25, -0.2) is 9.55 Å². The van der Waals surface area contributed by atoms with Crippen LogP contribution < -0.4 is 9.13 Å². The van der Waals surface area contributed by atoms with Crippen molar-refractivity contribution >= 4 is 33.1 Å². The van der Waals surface area contributed by atoms with Crippen molar-refractivity contribution in [3.05, 3.63) is 102 Å². The third-order valence-corrected chi connectivity index (χ3v) is 11.1. The van der Waals surface area contributed by atoms with E-state index in [1.165, 1.54) is 35.0 Å². The van der Waals surface area contributed by atoms with Crippen molar-refractivity contribution in [3.8, 4) is 22.6 Å². The number of hydrogen-bond donors (Lipinski definition) is 0. The predicted octanol–water partition coefficient (Wildman–Crippen LogP) is 8.35. The Labute approximate surface area is 274 Å². The number of pyridine rings is 2. The first-order valence-corrected chi connectivity index (χ1v) is 17.3.